The molecule has 0 aliphatic carbocycles. The Morgan fingerprint density at radius 3 is 2.57 bits per heavy atom. The van der Waals surface area contributed by atoms with Gasteiger partial charge in [0.15, 0.2) is 5.78 Å². The summed E-state index contributed by atoms with van der Waals surface area (Å²) in [6.45, 7) is 4.68. The number of aromatic amines is 1. The molecule has 0 atom stereocenters. The molecule has 2 aromatic heterocycles. The number of esters is 1. The highest BCUT2D eigenvalue weighted by Gasteiger charge is 2.22. The zero-order valence-corrected chi connectivity index (χ0v) is 13.4. The van der Waals surface area contributed by atoms with E-state index in [0.717, 1.165) is 0 Å². The fourth-order valence-corrected chi connectivity index (χ4v) is 2.39. The van der Waals surface area contributed by atoms with Crippen LogP contribution < -0.4 is 11.3 Å². The molecule has 0 saturated carbocycles. The highest BCUT2D eigenvalue weighted by atomic mass is 16.5. The van der Waals surface area contributed by atoms with Crippen molar-refractivity contribution in [2.75, 3.05) is 12.8 Å². The van der Waals surface area contributed by atoms with Crippen LogP contribution in [0.2, 0.25) is 0 Å². The number of ether oxygens (including phenoxy) is 1. The fourth-order valence-electron chi connectivity index (χ4n) is 2.39. The van der Waals surface area contributed by atoms with E-state index in [-0.39, 0.29) is 35.0 Å². The molecule has 0 unspecified atom stereocenters. The zero-order chi connectivity index (χ0) is 17.3. The third-order valence-electron chi connectivity index (χ3n) is 3.72. The van der Waals surface area contributed by atoms with Gasteiger partial charge in [-0.05, 0) is 26.3 Å². The first-order valence-electron chi connectivity index (χ1n) is 6.90. The largest absolute Gasteiger partial charge is 0.465 e. The molecule has 23 heavy (non-hydrogen) atoms. The third kappa shape index (κ3) is 2.87. The molecule has 8 heteroatoms. The molecule has 0 spiro atoms. The minimum Gasteiger partial charge on any atom is -0.465 e. The number of nitrogens with two attached hydrogens (primary N) is 1. The molecule has 8 nitrogen and oxygen atoms in total. The predicted molar refractivity (Wildman–Crippen MR) is 83.6 cm³/mol. The first-order valence-corrected chi connectivity index (χ1v) is 6.90. The fraction of sp³-hybridized carbons (Fsp3) is 0.333. The van der Waals surface area contributed by atoms with Crippen molar-refractivity contribution < 1.29 is 14.3 Å². The van der Waals surface area contributed by atoms with Crippen LogP contribution >= 0.6 is 0 Å². The van der Waals surface area contributed by atoms with E-state index in [2.05, 4.69) is 9.97 Å². The monoisotopic (exact) mass is 318 g/mol. The van der Waals surface area contributed by atoms with Gasteiger partial charge in [0.25, 0.3) is 5.56 Å². The average molecular weight is 318 g/mol. The quantitative estimate of drug-likeness (QED) is 0.634. The van der Waals surface area contributed by atoms with E-state index < -0.39 is 5.97 Å². The minimum absolute atomic E-state index is 0.138. The molecular weight excluding hydrogens is 300 g/mol. The van der Waals surface area contributed by atoms with Crippen molar-refractivity contribution >= 4 is 17.6 Å². The summed E-state index contributed by atoms with van der Waals surface area (Å²) in [5, 5.41) is 0. The molecule has 0 amide bonds. The smallest absolute Gasteiger partial charge is 0.339 e. The molecule has 0 radical (unpaired) electrons. The maximum absolute atomic E-state index is 12.5. The summed E-state index contributed by atoms with van der Waals surface area (Å²) in [7, 11) is 1.28. The molecule has 0 aromatic carbocycles. The van der Waals surface area contributed by atoms with Gasteiger partial charge in [-0.25, -0.2) is 9.78 Å². The van der Waals surface area contributed by atoms with Gasteiger partial charge in [0.1, 0.15) is 12.1 Å². The van der Waals surface area contributed by atoms with Crippen LogP contribution in [0.4, 0.5) is 5.82 Å². The van der Waals surface area contributed by atoms with Crippen LogP contribution in [0.1, 0.15) is 37.7 Å². The van der Waals surface area contributed by atoms with Crippen LogP contribution in [-0.2, 0) is 11.3 Å². The molecule has 0 saturated heterocycles. The molecule has 0 aliphatic heterocycles. The number of anilines is 1. The lowest BCUT2D eigenvalue weighted by atomic mass is 10.1. The van der Waals surface area contributed by atoms with Crippen LogP contribution in [0.25, 0.3) is 0 Å². The van der Waals surface area contributed by atoms with Crippen LogP contribution in [0.3, 0.4) is 0 Å². The second-order valence-electron chi connectivity index (χ2n) is 5.23. The molecule has 0 bridgehead atoms. The van der Waals surface area contributed by atoms with E-state index in [1.807, 2.05) is 0 Å². The van der Waals surface area contributed by atoms with Crippen LogP contribution in [0, 0.1) is 20.8 Å². The number of rotatable bonds is 4. The first-order chi connectivity index (χ1) is 10.8. The highest BCUT2D eigenvalue weighted by Crippen LogP contribution is 2.19. The van der Waals surface area contributed by atoms with Crippen LogP contribution in [0.5, 0.6) is 0 Å². The average Bonchev–Trinajstić information content (AvgIpc) is 2.82. The van der Waals surface area contributed by atoms with Crippen molar-refractivity contribution in [1.29, 1.82) is 0 Å². The van der Waals surface area contributed by atoms with E-state index >= 15 is 0 Å². The van der Waals surface area contributed by atoms with Crippen molar-refractivity contribution in [3.05, 3.63) is 44.8 Å². The SMILES string of the molecule is COC(=O)c1c(C)[nH]c(C(=O)Cn2cnc(N)c(C)c2=O)c1C. The Balaban J connectivity index is 2.38. The number of nitrogens with zero attached hydrogens (tertiary/aromatic N) is 2. The van der Waals surface area contributed by atoms with Gasteiger partial charge < -0.3 is 15.5 Å². The number of methoxy groups -OCH3 is 1. The molecule has 0 fully saturated rings. The number of nitrogens with one attached hydrogen (secondary N) is 1. The van der Waals surface area contributed by atoms with E-state index in [1.54, 1.807) is 20.8 Å². The number of nitrogen functional groups attached to an aromatic ring is 1. The van der Waals surface area contributed by atoms with Crippen molar-refractivity contribution in [2.24, 2.45) is 0 Å². The summed E-state index contributed by atoms with van der Waals surface area (Å²) in [5.41, 5.74) is 7.10. The van der Waals surface area contributed by atoms with Gasteiger partial charge in [0, 0.05) is 5.69 Å². The molecule has 3 N–H and O–H groups in total. The lowest BCUT2D eigenvalue weighted by molar-refractivity contribution is 0.0599. The Kier molecular flexibility index (Phi) is 4.35. The number of H-pyrrole nitrogens is 1. The summed E-state index contributed by atoms with van der Waals surface area (Å²) in [4.78, 5) is 43.0. The van der Waals surface area contributed by atoms with Crippen molar-refractivity contribution in [1.82, 2.24) is 14.5 Å². The summed E-state index contributed by atoms with van der Waals surface area (Å²) < 4.78 is 5.89. The molecule has 2 heterocycles. The van der Waals surface area contributed by atoms with Gasteiger partial charge in [0.2, 0.25) is 0 Å². The van der Waals surface area contributed by atoms with E-state index in [9.17, 15) is 14.4 Å². The van der Waals surface area contributed by atoms with E-state index in [0.29, 0.717) is 16.8 Å². The molecule has 0 aliphatic rings. The Labute approximate surface area is 132 Å². The normalized spacial score (nSPS) is 10.6. The van der Waals surface area contributed by atoms with Crippen LogP contribution in [0.15, 0.2) is 11.1 Å². The van der Waals surface area contributed by atoms with Gasteiger partial charge in [-0.15, -0.1) is 0 Å². The van der Waals surface area contributed by atoms with Gasteiger partial charge in [0.05, 0.1) is 30.5 Å². The predicted octanol–water partition coefficient (Wildman–Crippen LogP) is 0.748. The zero-order valence-electron chi connectivity index (χ0n) is 13.4. The highest BCUT2D eigenvalue weighted by molar-refractivity contribution is 6.01. The summed E-state index contributed by atoms with van der Waals surface area (Å²) >= 11 is 0. The number of Topliss-reactive ketones (excluding diaryl/α,β-unsaturated/α-hetero) is 1. The van der Waals surface area contributed by atoms with Gasteiger partial charge in [-0.3, -0.25) is 14.2 Å². The number of carbonyl (C=O) groups is 2. The maximum atomic E-state index is 12.5. The Morgan fingerprint density at radius 2 is 1.96 bits per heavy atom. The van der Waals surface area contributed by atoms with Gasteiger partial charge in [-0.1, -0.05) is 0 Å². The van der Waals surface area contributed by atoms with Crippen molar-refractivity contribution in [3.8, 4) is 0 Å². The molecule has 2 aromatic rings. The minimum atomic E-state index is -0.516. The Morgan fingerprint density at radius 1 is 1.30 bits per heavy atom. The van der Waals surface area contributed by atoms with E-state index in [1.165, 1.54) is 18.0 Å². The number of aryl methyl sites for hydroxylation is 1. The lowest BCUT2D eigenvalue weighted by Crippen LogP contribution is -2.27. The molecule has 122 valence electrons. The second kappa shape index (κ2) is 6.07. The number of aromatic nitrogens is 3. The number of carbonyl (C=O) groups excluding carboxylic acids is 2. The second-order valence-corrected chi connectivity index (χ2v) is 5.23. The standard InChI is InChI=1S/C15H18N4O4/c1-7-11(15(22)23-4)9(3)18-12(7)10(20)5-19-6-17-13(16)8(2)14(19)21/h6,18H,5,16H2,1-4H3. The number of ketones is 1. The van der Waals surface area contributed by atoms with E-state index in [4.69, 9.17) is 10.5 Å². The lowest BCUT2D eigenvalue weighted by Gasteiger charge is -2.07. The Bertz CT molecular complexity index is 848. The topological polar surface area (TPSA) is 120 Å². The summed E-state index contributed by atoms with van der Waals surface area (Å²) in [6, 6.07) is 0. The summed E-state index contributed by atoms with van der Waals surface area (Å²) in [6.07, 6.45) is 1.23. The third-order valence-corrected chi connectivity index (χ3v) is 3.72. The number of hydrogen-bond donors (Lipinski definition) is 2. The first kappa shape index (κ1) is 16.5. The van der Waals surface area contributed by atoms with Crippen molar-refractivity contribution in [3.63, 3.8) is 0 Å². The molecule has 2 rings (SSSR count). The van der Waals surface area contributed by atoms with Crippen LogP contribution in [-0.4, -0.2) is 33.4 Å². The maximum Gasteiger partial charge on any atom is 0.339 e. The Hall–Kier alpha value is -2.90. The summed E-state index contributed by atoms with van der Waals surface area (Å²) in [5.74, 6) is -0.718. The van der Waals surface area contributed by atoms with Gasteiger partial charge in [-0.2, -0.15) is 0 Å². The van der Waals surface area contributed by atoms with Gasteiger partial charge >= 0.3 is 5.97 Å². The molecular formula is C15H18N4O4. The van der Waals surface area contributed by atoms with Crippen molar-refractivity contribution in [2.45, 2.75) is 27.3 Å². The number of hydrogen-bond acceptors (Lipinski definition) is 6.